The number of Topliss-reactive ketones (excluding diaryl/α,β-unsaturated/α-hetero) is 1. The number of ether oxygens (including phenoxy) is 1. The molecule has 5 fully saturated rings. The summed E-state index contributed by atoms with van der Waals surface area (Å²) in [6.07, 6.45) is 11.2. The van der Waals surface area contributed by atoms with Gasteiger partial charge in [-0.3, -0.25) is 4.79 Å². The molecule has 3 nitrogen and oxygen atoms in total. The van der Waals surface area contributed by atoms with E-state index in [0.29, 0.717) is 23.5 Å². The Morgan fingerprint density at radius 2 is 1.83 bits per heavy atom. The van der Waals surface area contributed by atoms with Gasteiger partial charge in [-0.1, -0.05) is 13.8 Å². The maximum Gasteiger partial charge on any atom is 0.161 e. The SMILES string of the molecule is C[C@]12C[C@H]3O[C@H]3C[C@@H]1CC[C@@H]1[C@@H]2CC[C@]2(C)[C@@H](C(=O)CO)CC[C@@H]12. The lowest BCUT2D eigenvalue weighted by molar-refractivity contribution is -0.136. The molecular weight excluding hydrogens is 300 g/mol. The minimum absolute atomic E-state index is 0.102. The van der Waals surface area contributed by atoms with Crippen LogP contribution in [0.15, 0.2) is 0 Å². The van der Waals surface area contributed by atoms with Crippen molar-refractivity contribution in [1.82, 2.24) is 0 Å². The summed E-state index contributed by atoms with van der Waals surface area (Å²) >= 11 is 0. The van der Waals surface area contributed by atoms with Crippen LogP contribution in [0.1, 0.15) is 65.2 Å². The molecule has 0 bridgehead atoms. The number of hydrogen-bond acceptors (Lipinski definition) is 3. The summed E-state index contributed by atoms with van der Waals surface area (Å²) in [5.74, 6) is 3.42. The van der Waals surface area contributed by atoms with Crippen LogP contribution in [-0.2, 0) is 9.53 Å². The normalized spacial score (nSPS) is 58.2. The van der Waals surface area contributed by atoms with Crippen molar-refractivity contribution in [2.24, 2.45) is 40.4 Å². The van der Waals surface area contributed by atoms with Gasteiger partial charge in [0.05, 0.1) is 12.2 Å². The number of carbonyl (C=O) groups excluding carboxylic acids is 1. The molecule has 1 N–H and O–H groups in total. The molecule has 3 heteroatoms. The molecule has 0 aromatic rings. The molecule has 1 heterocycles. The van der Waals surface area contributed by atoms with Crippen molar-refractivity contribution >= 4 is 5.78 Å². The topological polar surface area (TPSA) is 49.8 Å². The Morgan fingerprint density at radius 1 is 1.04 bits per heavy atom. The monoisotopic (exact) mass is 332 g/mol. The molecule has 0 aromatic heterocycles. The summed E-state index contributed by atoms with van der Waals surface area (Å²) in [4.78, 5) is 12.3. The summed E-state index contributed by atoms with van der Waals surface area (Å²) in [7, 11) is 0. The Morgan fingerprint density at radius 3 is 2.62 bits per heavy atom. The minimum atomic E-state index is -0.263. The van der Waals surface area contributed by atoms with E-state index in [0.717, 1.165) is 24.2 Å². The van der Waals surface area contributed by atoms with E-state index < -0.39 is 0 Å². The van der Waals surface area contributed by atoms with Crippen molar-refractivity contribution in [3.63, 3.8) is 0 Å². The predicted octanol–water partition coefficient (Wildman–Crippen LogP) is 3.58. The van der Waals surface area contributed by atoms with Crippen LogP contribution < -0.4 is 0 Å². The third-order valence-electron chi connectivity index (χ3n) is 9.46. The molecule has 1 aliphatic heterocycles. The molecule has 0 amide bonds. The molecule has 0 spiro atoms. The molecule has 0 unspecified atom stereocenters. The highest BCUT2D eigenvalue weighted by atomic mass is 16.6. The van der Waals surface area contributed by atoms with E-state index in [4.69, 9.17) is 4.74 Å². The second kappa shape index (κ2) is 5.07. The second-order valence-corrected chi connectivity index (χ2v) is 10.1. The Bertz CT molecular complexity index is 559. The maximum absolute atomic E-state index is 12.3. The molecule has 1 saturated heterocycles. The Labute approximate surface area is 145 Å². The molecule has 9 atom stereocenters. The van der Waals surface area contributed by atoms with Crippen molar-refractivity contribution in [3.05, 3.63) is 0 Å². The summed E-state index contributed by atoms with van der Waals surface area (Å²) in [5.41, 5.74) is 0.623. The van der Waals surface area contributed by atoms with E-state index in [2.05, 4.69) is 13.8 Å². The van der Waals surface area contributed by atoms with Crippen LogP contribution in [0.4, 0.5) is 0 Å². The van der Waals surface area contributed by atoms with Gasteiger partial charge < -0.3 is 9.84 Å². The van der Waals surface area contributed by atoms with E-state index in [1.165, 1.54) is 44.9 Å². The van der Waals surface area contributed by atoms with Crippen molar-refractivity contribution < 1.29 is 14.6 Å². The number of rotatable bonds is 2. The molecule has 0 aromatic carbocycles. The van der Waals surface area contributed by atoms with E-state index in [1.54, 1.807) is 0 Å². The second-order valence-electron chi connectivity index (χ2n) is 10.1. The molecule has 24 heavy (non-hydrogen) atoms. The Balaban J connectivity index is 1.43. The molecule has 4 aliphatic carbocycles. The summed E-state index contributed by atoms with van der Waals surface area (Å²) < 4.78 is 5.91. The lowest BCUT2D eigenvalue weighted by atomic mass is 9.45. The summed E-state index contributed by atoms with van der Waals surface area (Å²) in [6, 6.07) is 0. The van der Waals surface area contributed by atoms with Crippen LogP contribution in [0, 0.1) is 40.4 Å². The zero-order valence-electron chi connectivity index (χ0n) is 15.2. The fourth-order valence-electron chi connectivity index (χ4n) is 8.16. The van der Waals surface area contributed by atoms with Crippen LogP contribution in [0.2, 0.25) is 0 Å². The van der Waals surface area contributed by atoms with Crippen molar-refractivity contribution in [1.29, 1.82) is 0 Å². The molecule has 5 rings (SSSR count). The quantitative estimate of drug-likeness (QED) is 0.786. The smallest absolute Gasteiger partial charge is 0.161 e. The standard InChI is InChI=1S/C21H32O3/c1-20-8-7-15-13(14(20)5-6-16(20)17(23)11-22)4-3-12-9-18-19(24-18)10-21(12,15)2/h12-16,18-19,22H,3-11H2,1-2H3/t12-,13-,14-,15-,16+,18-,19+,20-,21-/m0/s1. The lowest BCUT2D eigenvalue weighted by Gasteiger charge is -2.59. The maximum atomic E-state index is 12.3. The van der Waals surface area contributed by atoms with Crippen LogP contribution in [0.25, 0.3) is 0 Å². The van der Waals surface area contributed by atoms with E-state index in [9.17, 15) is 9.90 Å². The minimum Gasteiger partial charge on any atom is -0.389 e. The highest BCUT2D eigenvalue weighted by Crippen LogP contribution is 2.68. The van der Waals surface area contributed by atoms with Gasteiger partial charge in [0.2, 0.25) is 0 Å². The van der Waals surface area contributed by atoms with Gasteiger partial charge in [0, 0.05) is 5.92 Å². The average Bonchev–Trinajstić information content (AvgIpc) is 3.20. The summed E-state index contributed by atoms with van der Waals surface area (Å²) in [5, 5.41) is 9.40. The lowest BCUT2D eigenvalue weighted by Crippen LogP contribution is -2.54. The van der Waals surface area contributed by atoms with Crippen LogP contribution in [0.3, 0.4) is 0 Å². The van der Waals surface area contributed by atoms with Crippen LogP contribution in [-0.4, -0.2) is 29.7 Å². The van der Waals surface area contributed by atoms with Crippen LogP contribution in [0.5, 0.6) is 0 Å². The van der Waals surface area contributed by atoms with Gasteiger partial charge >= 0.3 is 0 Å². The zero-order valence-corrected chi connectivity index (χ0v) is 15.2. The van der Waals surface area contributed by atoms with Gasteiger partial charge in [0.15, 0.2) is 5.78 Å². The first-order valence-corrected chi connectivity index (χ1v) is 10.3. The van der Waals surface area contributed by atoms with Crippen LogP contribution >= 0.6 is 0 Å². The number of aliphatic hydroxyl groups is 1. The fourth-order valence-corrected chi connectivity index (χ4v) is 8.16. The Hall–Kier alpha value is -0.410. The van der Waals surface area contributed by atoms with Gasteiger partial charge in [-0.05, 0) is 85.9 Å². The van der Waals surface area contributed by atoms with Crippen molar-refractivity contribution in [2.45, 2.75) is 77.4 Å². The number of hydrogen-bond donors (Lipinski definition) is 1. The van der Waals surface area contributed by atoms with E-state index in [1.807, 2.05) is 0 Å². The van der Waals surface area contributed by atoms with Crippen molar-refractivity contribution in [2.75, 3.05) is 6.61 Å². The molecule has 134 valence electrons. The number of aliphatic hydroxyl groups excluding tert-OH is 1. The first kappa shape index (κ1) is 15.8. The van der Waals surface area contributed by atoms with Gasteiger partial charge in [0.25, 0.3) is 0 Å². The largest absolute Gasteiger partial charge is 0.389 e. The van der Waals surface area contributed by atoms with E-state index in [-0.39, 0.29) is 23.7 Å². The molecule has 0 radical (unpaired) electrons. The summed E-state index contributed by atoms with van der Waals surface area (Å²) in [6.45, 7) is 4.68. The third-order valence-corrected chi connectivity index (χ3v) is 9.46. The first-order chi connectivity index (χ1) is 11.5. The predicted molar refractivity (Wildman–Crippen MR) is 91.4 cm³/mol. The van der Waals surface area contributed by atoms with E-state index >= 15 is 0 Å². The van der Waals surface area contributed by atoms with Gasteiger partial charge in [-0.2, -0.15) is 0 Å². The first-order valence-electron chi connectivity index (χ1n) is 10.3. The highest BCUT2D eigenvalue weighted by Gasteiger charge is 2.64. The Kier molecular flexibility index (Phi) is 3.34. The number of fused-ring (bicyclic) bond motifs is 6. The molecule has 4 saturated carbocycles. The van der Waals surface area contributed by atoms with Gasteiger partial charge in [-0.25, -0.2) is 0 Å². The van der Waals surface area contributed by atoms with Crippen molar-refractivity contribution in [3.8, 4) is 0 Å². The third kappa shape index (κ3) is 1.95. The van der Waals surface area contributed by atoms with Gasteiger partial charge in [-0.15, -0.1) is 0 Å². The number of carbonyl (C=O) groups is 1. The number of ketones is 1. The number of epoxide rings is 1. The average molecular weight is 332 g/mol. The van der Waals surface area contributed by atoms with Gasteiger partial charge in [0.1, 0.15) is 6.61 Å². The molecule has 5 aliphatic rings. The fraction of sp³-hybridized carbons (Fsp3) is 0.952. The highest BCUT2D eigenvalue weighted by molar-refractivity contribution is 5.83. The molecular formula is C21H32O3. The zero-order chi connectivity index (χ0) is 16.7.